The fourth-order valence-electron chi connectivity index (χ4n) is 3.27. The van der Waals surface area contributed by atoms with Crippen LogP contribution in [0.25, 0.3) is 11.5 Å². The van der Waals surface area contributed by atoms with Crippen LogP contribution in [0.15, 0.2) is 67.0 Å². The summed E-state index contributed by atoms with van der Waals surface area (Å²) in [5.41, 5.74) is 6.16. The molecule has 0 amide bonds. The van der Waals surface area contributed by atoms with Gasteiger partial charge in [-0.15, -0.1) is 0 Å². The summed E-state index contributed by atoms with van der Waals surface area (Å²) in [5, 5.41) is 24.0. The molecule has 0 spiro atoms. The lowest BCUT2D eigenvalue weighted by Gasteiger charge is -2.13. The molecule has 4 nitrogen and oxygen atoms in total. The van der Waals surface area contributed by atoms with Crippen LogP contribution >= 0.6 is 12.2 Å². The molecule has 3 aromatic rings. The third-order valence-electron chi connectivity index (χ3n) is 5.01. The Labute approximate surface area is 183 Å². The summed E-state index contributed by atoms with van der Waals surface area (Å²) in [6.07, 6.45) is 4.50. The Morgan fingerprint density at radius 1 is 1.03 bits per heavy atom. The molecule has 0 aliphatic rings. The first-order valence-electron chi connectivity index (χ1n) is 9.95. The highest BCUT2D eigenvalue weighted by Gasteiger charge is 2.24. The molecule has 0 bridgehead atoms. The molecule has 30 heavy (non-hydrogen) atoms. The zero-order valence-electron chi connectivity index (χ0n) is 17.5. The minimum Gasteiger partial charge on any atom is -0.502 e. The van der Waals surface area contributed by atoms with Gasteiger partial charge in [0.15, 0.2) is 23.1 Å². The average molecular weight is 420 g/mol. The van der Waals surface area contributed by atoms with Gasteiger partial charge in [-0.05, 0) is 43.5 Å². The van der Waals surface area contributed by atoms with Gasteiger partial charge in [0.05, 0.1) is 6.61 Å². The van der Waals surface area contributed by atoms with Crippen molar-refractivity contribution in [1.29, 1.82) is 0 Å². The number of hydrogen-bond acceptors (Lipinski definition) is 3. The second-order valence-corrected chi connectivity index (χ2v) is 7.71. The lowest BCUT2D eigenvalue weighted by Crippen LogP contribution is -2.39. The molecule has 0 aliphatic heterocycles. The number of benzene rings is 2. The Hall–Kier alpha value is -3.02. The molecule has 1 aromatic heterocycles. The Morgan fingerprint density at radius 3 is 2.40 bits per heavy atom. The molecule has 0 fully saturated rings. The second kappa shape index (κ2) is 9.65. The van der Waals surface area contributed by atoms with E-state index in [0.717, 1.165) is 23.2 Å². The number of hydrogen-bond donors (Lipinski definition) is 3. The van der Waals surface area contributed by atoms with Crippen LogP contribution in [-0.4, -0.2) is 15.2 Å². The summed E-state index contributed by atoms with van der Waals surface area (Å²) in [6, 6.07) is 17.5. The van der Waals surface area contributed by atoms with Gasteiger partial charge in [-0.1, -0.05) is 61.1 Å². The molecule has 0 saturated carbocycles. The van der Waals surface area contributed by atoms with E-state index < -0.39 is 0 Å². The summed E-state index contributed by atoms with van der Waals surface area (Å²) in [6.45, 7) is 6.05. The van der Waals surface area contributed by atoms with Crippen LogP contribution in [0.1, 0.15) is 34.7 Å². The van der Waals surface area contributed by atoms with E-state index in [2.05, 4.69) is 18.3 Å². The molecule has 0 atom stereocenters. The van der Waals surface area contributed by atoms with Crippen molar-refractivity contribution in [2.24, 2.45) is 0 Å². The van der Waals surface area contributed by atoms with Crippen LogP contribution < -0.4 is 9.88 Å². The number of aliphatic hydroxyl groups excluding tert-OH is 2. The number of nitrogens with zero attached hydrogens (tertiary/aromatic N) is 1. The highest BCUT2D eigenvalue weighted by molar-refractivity contribution is 7.81. The molecule has 154 valence electrons. The summed E-state index contributed by atoms with van der Waals surface area (Å²) >= 11 is 5.72. The highest BCUT2D eigenvalue weighted by Crippen LogP contribution is 2.22. The second-order valence-electron chi connectivity index (χ2n) is 7.30. The van der Waals surface area contributed by atoms with Gasteiger partial charge in [-0.3, -0.25) is 0 Å². The first-order valence-corrected chi connectivity index (χ1v) is 10.4. The van der Waals surface area contributed by atoms with Gasteiger partial charge >= 0.3 is 0 Å². The van der Waals surface area contributed by atoms with Crippen LogP contribution in [-0.2, 0) is 13.0 Å². The first-order chi connectivity index (χ1) is 14.4. The summed E-state index contributed by atoms with van der Waals surface area (Å²) < 4.78 is 1.74. The fraction of sp³-hybridized carbons (Fsp3) is 0.200. The Morgan fingerprint density at radius 2 is 1.77 bits per heavy atom. The van der Waals surface area contributed by atoms with Crippen LogP contribution in [0.3, 0.4) is 0 Å². The maximum atomic E-state index is 11.2. The molecule has 0 radical (unpaired) electrons. The van der Waals surface area contributed by atoms with E-state index in [4.69, 9.17) is 12.2 Å². The van der Waals surface area contributed by atoms with Crippen LogP contribution in [0, 0.1) is 13.8 Å². The standard InChI is InChI=1S/C25H26N2O2S/c1-4-19-8-10-21(11-9-19)24(29)23(27-13-5-6-20(15-27)16-28)25(30)26-22-12-7-17(2)14-18(22)3/h5-15,28H,4,16H2,1-3H3,(H-,26,29,30)/p+1. The Kier molecular flexibility index (Phi) is 6.98. The number of nitrogens with one attached hydrogen (secondary N) is 1. The number of rotatable bonds is 6. The smallest absolute Gasteiger partial charge is 0.288 e. The topological polar surface area (TPSA) is 56.4 Å². The van der Waals surface area contributed by atoms with Gasteiger partial charge in [0.1, 0.15) is 0 Å². The van der Waals surface area contributed by atoms with E-state index in [0.29, 0.717) is 16.2 Å². The van der Waals surface area contributed by atoms with Crippen molar-refractivity contribution in [2.45, 2.75) is 33.8 Å². The third-order valence-corrected chi connectivity index (χ3v) is 5.30. The predicted octanol–water partition coefficient (Wildman–Crippen LogP) is 4.97. The summed E-state index contributed by atoms with van der Waals surface area (Å²) in [7, 11) is 0. The van der Waals surface area contributed by atoms with Gasteiger partial charge in [-0.25, -0.2) is 0 Å². The van der Waals surface area contributed by atoms with E-state index in [1.165, 1.54) is 11.1 Å². The molecule has 0 saturated heterocycles. The van der Waals surface area contributed by atoms with Crippen molar-refractivity contribution in [3.05, 3.63) is 94.8 Å². The minimum atomic E-state index is -0.0999. The van der Waals surface area contributed by atoms with Crippen LogP contribution in [0.4, 0.5) is 5.69 Å². The monoisotopic (exact) mass is 419 g/mol. The molecular formula is C25H27N2O2S+. The van der Waals surface area contributed by atoms with Crippen LogP contribution in [0.2, 0.25) is 0 Å². The number of aromatic nitrogens is 1. The summed E-state index contributed by atoms with van der Waals surface area (Å²) in [4.78, 5) is 0.388. The average Bonchev–Trinajstić information content (AvgIpc) is 2.76. The van der Waals surface area contributed by atoms with Gasteiger partial charge in [-0.2, -0.15) is 4.57 Å². The Bertz CT molecular complexity index is 1090. The SMILES string of the molecule is CCc1ccc(C(O)=C(C(=S)Nc2ccc(C)cc2C)[n+]2cccc(CO)c2)cc1. The third kappa shape index (κ3) is 4.93. The maximum Gasteiger partial charge on any atom is 0.288 e. The fourth-order valence-corrected chi connectivity index (χ4v) is 3.59. The number of aliphatic hydroxyl groups is 2. The zero-order valence-corrected chi connectivity index (χ0v) is 18.3. The Balaban J connectivity index is 2.09. The van der Waals surface area contributed by atoms with E-state index in [1.54, 1.807) is 17.0 Å². The van der Waals surface area contributed by atoms with Crippen molar-refractivity contribution in [3.8, 4) is 0 Å². The number of pyridine rings is 1. The predicted molar refractivity (Wildman–Crippen MR) is 126 cm³/mol. The van der Waals surface area contributed by atoms with Gasteiger partial charge in [0, 0.05) is 22.9 Å². The van der Waals surface area contributed by atoms with Crippen molar-refractivity contribution in [2.75, 3.05) is 5.32 Å². The molecule has 0 unspecified atom stereocenters. The van der Waals surface area contributed by atoms with Gasteiger partial charge < -0.3 is 15.5 Å². The van der Waals surface area contributed by atoms with E-state index >= 15 is 0 Å². The quantitative estimate of drug-likeness (QED) is 0.229. The lowest BCUT2D eigenvalue weighted by molar-refractivity contribution is -0.576. The molecule has 1 heterocycles. The molecule has 2 aromatic carbocycles. The van der Waals surface area contributed by atoms with Crippen molar-refractivity contribution >= 4 is 34.3 Å². The van der Waals surface area contributed by atoms with Crippen molar-refractivity contribution in [1.82, 2.24) is 0 Å². The largest absolute Gasteiger partial charge is 0.502 e. The normalized spacial score (nSPS) is 11.7. The summed E-state index contributed by atoms with van der Waals surface area (Å²) in [5.74, 6) is 0.0695. The highest BCUT2D eigenvalue weighted by atomic mass is 32.1. The lowest BCUT2D eigenvalue weighted by atomic mass is 10.1. The van der Waals surface area contributed by atoms with Crippen molar-refractivity contribution in [3.63, 3.8) is 0 Å². The van der Waals surface area contributed by atoms with Gasteiger partial charge in [0.2, 0.25) is 0 Å². The maximum absolute atomic E-state index is 11.2. The van der Waals surface area contributed by atoms with Crippen molar-refractivity contribution < 1.29 is 14.8 Å². The number of thiocarbonyl (C=S) groups is 1. The minimum absolute atomic E-state index is 0.0695. The van der Waals surface area contributed by atoms with Gasteiger partial charge in [0.25, 0.3) is 5.70 Å². The van der Waals surface area contributed by atoms with Crippen LogP contribution in [0.5, 0.6) is 0 Å². The zero-order chi connectivity index (χ0) is 21.7. The number of aryl methyl sites for hydroxylation is 3. The molecule has 5 heteroatoms. The first kappa shape index (κ1) is 21.7. The molecule has 3 N–H and O–H groups in total. The molecule has 3 rings (SSSR count). The van der Waals surface area contributed by atoms with E-state index in [1.807, 2.05) is 62.4 Å². The molecule has 0 aliphatic carbocycles. The van der Waals surface area contributed by atoms with E-state index in [9.17, 15) is 10.2 Å². The number of anilines is 1. The molecular weight excluding hydrogens is 392 g/mol. The van der Waals surface area contributed by atoms with E-state index in [-0.39, 0.29) is 12.4 Å².